The van der Waals surface area contributed by atoms with Crippen molar-refractivity contribution in [1.29, 1.82) is 0 Å². The fourth-order valence-corrected chi connectivity index (χ4v) is 7.17. The molecule has 0 saturated carbocycles. The minimum absolute atomic E-state index is 1.13. The molecule has 0 unspecified atom stereocenters. The van der Waals surface area contributed by atoms with E-state index in [4.69, 9.17) is 0 Å². The third-order valence-electron chi connectivity index (χ3n) is 8.06. The maximum atomic E-state index is 2.34. The van der Waals surface area contributed by atoms with Gasteiger partial charge in [-0.25, -0.2) is 0 Å². The van der Waals surface area contributed by atoms with Crippen molar-refractivity contribution in [2.45, 2.75) is 0 Å². The third-order valence-corrected chi connectivity index (χ3v) is 9.19. The highest BCUT2D eigenvalue weighted by atomic mass is 32.1. The summed E-state index contributed by atoms with van der Waals surface area (Å²) < 4.78 is 2.66. The second-order valence-electron chi connectivity index (χ2n) is 10.6. The van der Waals surface area contributed by atoms with Crippen molar-refractivity contribution < 1.29 is 0 Å². The van der Waals surface area contributed by atoms with Crippen molar-refractivity contribution in [2.24, 2.45) is 0 Å². The fourth-order valence-electron chi connectivity index (χ4n) is 6.02. The van der Waals surface area contributed by atoms with Gasteiger partial charge in [-0.1, -0.05) is 115 Å². The molecular formula is C40H27NS. The molecule has 8 rings (SSSR count). The number of fused-ring (bicyclic) bond motifs is 4. The van der Waals surface area contributed by atoms with Gasteiger partial charge in [-0.3, -0.25) is 0 Å². The predicted molar refractivity (Wildman–Crippen MR) is 182 cm³/mol. The Morgan fingerprint density at radius 1 is 0.357 bits per heavy atom. The first kappa shape index (κ1) is 24.6. The van der Waals surface area contributed by atoms with Crippen molar-refractivity contribution in [3.63, 3.8) is 0 Å². The normalized spacial score (nSPS) is 11.3. The standard InChI is InChI=1S/C40H27NS/c1-2-13-32(14-3-1)41(33-23-20-29(21-24-33)36-18-9-11-28-10-4-5-16-35(28)36)34-15-8-12-30(26-34)31-22-25-38-37-17-6-7-19-39(37)42-40(38)27-31/h1-27H. The number of benzene rings is 7. The summed E-state index contributed by atoms with van der Waals surface area (Å²) in [5, 5.41) is 5.19. The number of rotatable bonds is 5. The zero-order valence-corrected chi connectivity index (χ0v) is 23.8. The molecule has 0 atom stereocenters. The van der Waals surface area contributed by atoms with E-state index in [0.717, 1.165) is 17.1 Å². The monoisotopic (exact) mass is 553 g/mol. The van der Waals surface area contributed by atoms with Gasteiger partial charge in [-0.05, 0) is 81.6 Å². The molecule has 1 aromatic heterocycles. The molecular weight excluding hydrogens is 527 g/mol. The topological polar surface area (TPSA) is 3.24 Å². The van der Waals surface area contributed by atoms with Crippen LogP contribution in [0.5, 0.6) is 0 Å². The number of hydrogen-bond acceptors (Lipinski definition) is 2. The van der Waals surface area contributed by atoms with Gasteiger partial charge < -0.3 is 4.90 Å². The molecule has 0 aliphatic rings. The molecule has 198 valence electrons. The van der Waals surface area contributed by atoms with Gasteiger partial charge in [0.25, 0.3) is 0 Å². The Hall–Kier alpha value is -5.18. The lowest BCUT2D eigenvalue weighted by atomic mass is 9.98. The Kier molecular flexibility index (Phi) is 6.05. The van der Waals surface area contributed by atoms with Crippen molar-refractivity contribution in [3.8, 4) is 22.3 Å². The first-order chi connectivity index (χ1) is 20.8. The minimum Gasteiger partial charge on any atom is -0.310 e. The summed E-state index contributed by atoms with van der Waals surface area (Å²) in [4.78, 5) is 2.34. The summed E-state index contributed by atoms with van der Waals surface area (Å²) >= 11 is 1.86. The highest BCUT2D eigenvalue weighted by Crippen LogP contribution is 2.40. The van der Waals surface area contributed by atoms with E-state index >= 15 is 0 Å². The second kappa shape index (κ2) is 10.3. The van der Waals surface area contributed by atoms with Crippen LogP contribution in [0.15, 0.2) is 164 Å². The van der Waals surface area contributed by atoms with E-state index in [0.29, 0.717) is 0 Å². The predicted octanol–water partition coefficient (Wildman–Crippen LogP) is 12.0. The summed E-state index contributed by atoms with van der Waals surface area (Å²) in [6.45, 7) is 0. The molecule has 7 aromatic carbocycles. The quantitative estimate of drug-likeness (QED) is 0.205. The molecule has 1 nitrogen and oxygen atoms in total. The minimum atomic E-state index is 1.13. The van der Waals surface area contributed by atoms with E-state index in [2.05, 4.69) is 169 Å². The number of para-hydroxylation sites is 1. The molecule has 0 bridgehead atoms. The van der Waals surface area contributed by atoms with Crippen molar-refractivity contribution in [2.75, 3.05) is 4.90 Å². The Morgan fingerprint density at radius 2 is 0.976 bits per heavy atom. The molecule has 2 heteroatoms. The maximum Gasteiger partial charge on any atom is 0.0467 e. The highest BCUT2D eigenvalue weighted by Gasteiger charge is 2.14. The molecule has 1 heterocycles. The van der Waals surface area contributed by atoms with Gasteiger partial charge in [-0.15, -0.1) is 11.3 Å². The Morgan fingerprint density at radius 3 is 1.86 bits per heavy atom. The van der Waals surface area contributed by atoms with Crippen molar-refractivity contribution in [3.05, 3.63) is 164 Å². The van der Waals surface area contributed by atoms with E-state index in [1.165, 1.54) is 53.2 Å². The van der Waals surface area contributed by atoms with E-state index in [1.54, 1.807) is 0 Å². The van der Waals surface area contributed by atoms with Crippen molar-refractivity contribution >= 4 is 59.3 Å². The van der Waals surface area contributed by atoms with Crippen LogP contribution < -0.4 is 4.90 Å². The van der Waals surface area contributed by atoms with Gasteiger partial charge in [0.2, 0.25) is 0 Å². The molecule has 42 heavy (non-hydrogen) atoms. The Bertz CT molecular complexity index is 2190. The van der Waals surface area contributed by atoms with Gasteiger partial charge in [-0.2, -0.15) is 0 Å². The summed E-state index contributed by atoms with van der Waals surface area (Å²) in [6, 6.07) is 59.1. The summed E-state index contributed by atoms with van der Waals surface area (Å²) in [5.41, 5.74) is 8.30. The van der Waals surface area contributed by atoms with Crippen LogP contribution in [0, 0.1) is 0 Å². The van der Waals surface area contributed by atoms with Crippen LogP contribution in [-0.2, 0) is 0 Å². The van der Waals surface area contributed by atoms with Crippen LogP contribution in [0.3, 0.4) is 0 Å². The van der Waals surface area contributed by atoms with Gasteiger partial charge in [0, 0.05) is 37.2 Å². The van der Waals surface area contributed by atoms with Gasteiger partial charge in [0.05, 0.1) is 0 Å². The average molecular weight is 554 g/mol. The van der Waals surface area contributed by atoms with Crippen LogP contribution in [-0.4, -0.2) is 0 Å². The van der Waals surface area contributed by atoms with E-state index in [1.807, 2.05) is 11.3 Å². The van der Waals surface area contributed by atoms with Crippen LogP contribution in [0.2, 0.25) is 0 Å². The molecule has 0 aliphatic carbocycles. The third kappa shape index (κ3) is 4.34. The van der Waals surface area contributed by atoms with E-state index in [-0.39, 0.29) is 0 Å². The average Bonchev–Trinajstić information content (AvgIpc) is 3.44. The number of thiophene rings is 1. The van der Waals surface area contributed by atoms with Crippen LogP contribution >= 0.6 is 11.3 Å². The zero-order chi connectivity index (χ0) is 27.9. The van der Waals surface area contributed by atoms with E-state index < -0.39 is 0 Å². The first-order valence-corrected chi connectivity index (χ1v) is 15.1. The Balaban J connectivity index is 1.21. The molecule has 0 aliphatic heterocycles. The molecule has 0 saturated heterocycles. The van der Waals surface area contributed by atoms with Gasteiger partial charge in [0.15, 0.2) is 0 Å². The summed E-state index contributed by atoms with van der Waals surface area (Å²) in [5.74, 6) is 0. The smallest absolute Gasteiger partial charge is 0.0467 e. The Labute approximate surface area is 249 Å². The summed E-state index contributed by atoms with van der Waals surface area (Å²) in [6.07, 6.45) is 0. The number of nitrogens with zero attached hydrogens (tertiary/aromatic N) is 1. The van der Waals surface area contributed by atoms with Gasteiger partial charge in [0.1, 0.15) is 0 Å². The number of anilines is 3. The fraction of sp³-hybridized carbons (Fsp3) is 0. The molecule has 0 N–H and O–H groups in total. The van der Waals surface area contributed by atoms with Crippen molar-refractivity contribution in [1.82, 2.24) is 0 Å². The van der Waals surface area contributed by atoms with E-state index in [9.17, 15) is 0 Å². The molecule has 8 aromatic rings. The second-order valence-corrected chi connectivity index (χ2v) is 11.7. The molecule has 0 fully saturated rings. The lowest BCUT2D eigenvalue weighted by molar-refractivity contribution is 1.28. The van der Waals surface area contributed by atoms with Crippen LogP contribution in [0.25, 0.3) is 53.2 Å². The largest absolute Gasteiger partial charge is 0.310 e. The number of hydrogen-bond donors (Lipinski definition) is 0. The zero-order valence-electron chi connectivity index (χ0n) is 22.9. The lowest BCUT2D eigenvalue weighted by Crippen LogP contribution is -2.09. The van der Waals surface area contributed by atoms with Gasteiger partial charge >= 0.3 is 0 Å². The molecule has 0 spiro atoms. The first-order valence-electron chi connectivity index (χ1n) is 14.3. The SMILES string of the molecule is c1ccc(N(c2ccc(-c3cccc4ccccc34)cc2)c2cccc(-c3ccc4c(c3)sc3ccccc34)c2)cc1. The maximum absolute atomic E-state index is 2.34. The van der Waals surface area contributed by atoms with Crippen LogP contribution in [0.4, 0.5) is 17.1 Å². The highest BCUT2D eigenvalue weighted by molar-refractivity contribution is 7.25. The summed E-state index contributed by atoms with van der Waals surface area (Å²) in [7, 11) is 0. The lowest BCUT2D eigenvalue weighted by Gasteiger charge is -2.26. The van der Waals surface area contributed by atoms with Crippen LogP contribution in [0.1, 0.15) is 0 Å². The molecule has 0 radical (unpaired) electrons. The molecule has 0 amide bonds.